The summed E-state index contributed by atoms with van der Waals surface area (Å²) in [7, 11) is 0. The highest BCUT2D eigenvalue weighted by molar-refractivity contribution is 9.10. The Kier molecular flexibility index (Phi) is 4.94. The van der Waals surface area contributed by atoms with Crippen LogP contribution in [0.1, 0.15) is 30.4 Å². The van der Waals surface area contributed by atoms with E-state index < -0.39 is 0 Å². The van der Waals surface area contributed by atoms with Gasteiger partial charge in [0.15, 0.2) is 0 Å². The molecule has 5 heteroatoms. The third-order valence-corrected chi connectivity index (χ3v) is 4.67. The largest absolute Gasteiger partial charge is 0.339 e. The van der Waals surface area contributed by atoms with Gasteiger partial charge in [-0.15, -0.1) is 0 Å². The van der Waals surface area contributed by atoms with Crippen LogP contribution in [0.25, 0.3) is 11.4 Å². The van der Waals surface area contributed by atoms with Crippen molar-refractivity contribution in [2.75, 3.05) is 6.54 Å². The average Bonchev–Trinajstić information content (AvgIpc) is 2.90. The monoisotopic (exact) mass is 337 g/mol. The number of rotatable bonds is 5. The molecule has 0 radical (unpaired) electrons. The van der Waals surface area contributed by atoms with Crippen LogP contribution >= 0.6 is 15.9 Å². The van der Waals surface area contributed by atoms with Crippen LogP contribution in [0.3, 0.4) is 0 Å². The Hall–Kier alpha value is -1.20. The second-order valence-corrected chi connectivity index (χ2v) is 6.11. The molecule has 108 valence electrons. The molecular formula is C15H20BrN3O. The van der Waals surface area contributed by atoms with Crippen LogP contribution in [0.15, 0.2) is 21.1 Å². The minimum atomic E-state index is 0.475. The summed E-state index contributed by atoms with van der Waals surface area (Å²) >= 11 is 3.56. The van der Waals surface area contributed by atoms with Gasteiger partial charge in [-0.3, -0.25) is 0 Å². The zero-order chi connectivity index (χ0) is 14.7. The van der Waals surface area contributed by atoms with Gasteiger partial charge in [0.05, 0.1) is 0 Å². The van der Waals surface area contributed by atoms with Crippen LogP contribution < -0.4 is 5.73 Å². The van der Waals surface area contributed by atoms with Crippen LogP contribution in [0.4, 0.5) is 0 Å². The summed E-state index contributed by atoms with van der Waals surface area (Å²) in [5.41, 5.74) is 8.94. The Labute approximate surface area is 127 Å². The first kappa shape index (κ1) is 15.2. The van der Waals surface area contributed by atoms with E-state index in [9.17, 15) is 0 Å². The van der Waals surface area contributed by atoms with Gasteiger partial charge in [-0.25, -0.2) is 0 Å². The first-order valence-corrected chi connectivity index (χ1v) is 7.60. The van der Waals surface area contributed by atoms with Gasteiger partial charge >= 0.3 is 0 Å². The summed E-state index contributed by atoms with van der Waals surface area (Å²) in [5.74, 6) is 1.81. The summed E-state index contributed by atoms with van der Waals surface area (Å²) in [6.45, 7) is 6.93. The second kappa shape index (κ2) is 6.50. The molecule has 0 saturated heterocycles. The number of hydrogen-bond acceptors (Lipinski definition) is 4. The Morgan fingerprint density at radius 3 is 2.55 bits per heavy atom. The zero-order valence-corrected chi connectivity index (χ0v) is 13.7. The smallest absolute Gasteiger partial charge is 0.226 e. The molecule has 1 aromatic heterocycles. The van der Waals surface area contributed by atoms with Gasteiger partial charge in [0.1, 0.15) is 0 Å². The van der Waals surface area contributed by atoms with Crippen LogP contribution in [0, 0.1) is 19.8 Å². The van der Waals surface area contributed by atoms with Crippen molar-refractivity contribution in [2.45, 2.75) is 33.6 Å². The number of aromatic nitrogens is 2. The van der Waals surface area contributed by atoms with Gasteiger partial charge < -0.3 is 10.3 Å². The van der Waals surface area contributed by atoms with E-state index >= 15 is 0 Å². The molecule has 0 aliphatic rings. The van der Waals surface area contributed by atoms with Gasteiger partial charge in [0, 0.05) is 16.5 Å². The molecule has 0 saturated carbocycles. The molecule has 0 aliphatic carbocycles. The van der Waals surface area contributed by atoms with Crippen molar-refractivity contribution in [3.63, 3.8) is 0 Å². The van der Waals surface area contributed by atoms with Crippen molar-refractivity contribution >= 4 is 15.9 Å². The number of aryl methyl sites for hydroxylation is 3. The Balaban J connectivity index is 2.16. The SMILES string of the molecule is Cc1cc(-c2noc(CCC(C)CN)n2)cc(C)c1Br. The molecule has 4 nitrogen and oxygen atoms in total. The van der Waals surface area contributed by atoms with E-state index in [0.717, 1.165) is 22.9 Å². The van der Waals surface area contributed by atoms with Crippen LogP contribution in [0.5, 0.6) is 0 Å². The predicted molar refractivity (Wildman–Crippen MR) is 83.4 cm³/mol. The number of nitrogens with two attached hydrogens (primary N) is 1. The first-order chi connectivity index (χ1) is 9.51. The standard InChI is InChI=1S/C15H20BrN3O/c1-9(8-17)4-5-13-18-15(19-20-13)12-6-10(2)14(16)11(3)7-12/h6-7,9H,4-5,8,17H2,1-3H3. The van der Waals surface area contributed by atoms with E-state index in [0.29, 0.717) is 24.2 Å². The molecule has 0 fully saturated rings. The summed E-state index contributed by atoms with van der Waals surface area (Å²) < 4.78 is 6.44. The van der Waals surface area contributed by atoms with Crippen molar-refractivity contribution < 1.29 is 4.52 Å². The summed E-state index contributed by atoms with van der Waals surface area (Å²) in [6.07, 6.45) is 1.75. The Morgan fingerprint density at radius 1 is 1.30 bits per heavy atom. The summed E-state index contributed by atoms with van der Waals surface area (Å²) in [4.78, 5) is 4.46. The molecule has 1 unspecified atom stereocenters. The maximum Gasteiger partial charge on any atom is 0.226 e. The fourth-order valence-electron chi connectivity index (χ4n) is 2.04. The Morgan fingerprint density at radius 2 is 1.95 bits per heavy atom. The van der Waals surface area contributed by atoms with E-state index in [-0.39, 0.29) is 0 Å². The van der Waals surface area contributed by atoms with Crippen molar-refractivity contribution in [3.8, 4) is 11.4 Å². The van der Waals surface area contributed by atoms with Crippen molar-refractivity contribution in [1.82, 2.24) is 10.1 Å². The quantitative estimate of drug-likeness (QED) is 0.904. The molecule has 20 heavy (non-hydrogen) atoms. The number of benzene rings is 1. The average molecular weight is 338 g/mol. The van der Waals surface area contributed by atoms with E-state index in [1.54, 1.807) is 0 Å². The summed E-state index contributed by atoms with van der Waals surface area (Å²) in [6, 6.07) is 4.13. The molecule has 1 atom stereocenters. The third kappa shape index (κ3) is 3.46. The first-order valence-electron chi connectivity index (χ1n) is 6.81. The minimum Gasteiger partial charge on any atom is -0.339 e. The predicted octanol–water partition coefficient (Wildman–Crippen LogP) is 3.64. The lowest BCUT2D eigenvalue weighted by Gasteiger charge is -2.05. The lowest BCUT2D eigenvalue weighted by Crippen LogP contribution is -2.11. The number of hydrogen-bond donors (Lipinski definition) is 1. The highest BCUT2D eigenvalue weighted by atomic mass is 79.9. The van der Waals surface area contributed by atoms with Crippen LogP contribution in [-0.2, 0) is 6.42 Å². The highest BCUT2D eigenvalue weighted by Gasteiger charge is 2.12. The summed E-state index contributed by atoms with van der Waals surface area (Å²) in [5, 5.41) is 4.07. The van der Waals surface area contributed by atoms with E-state index in [1.807, 2.05) is 0 Å². The minimum absolute atomic E-state index is 0.475. The molecule has 0 aliphatic heterocycles. The van der Waals surface area contributed by atoms with Gasteiger partial charge in [-0.05, 0) is 56.0 Å². The molecule has 0 bridgehead atoms. The van der Waals surface area contributed by atoms with E-state index in [2.05, 4.69) is 59.0 Å². The molecule has 1 heterocycles. The molecule has 2 N–H and O–H groups in total. The lowest BCUT2D eigenvalue weighted by atomic mass is 10.1. The van der Waals surface area contributed by atoms with Gasteiger partial charge in [-0.1, -0.05) is 28.0 Å². The maximum absolute atomic E-state index is 5.61. The molecule has 0 amide bonds. The number of halogens is 1. The molecular weight excluding hydrogens is 318 g/mol. The van der Waals surface area contributed by atoms with Gasteiger partial charge in [0.25, 0.3) is 0 Å². The lowest BCUT2D eigenvalue weighted by molar-refractivity contribution is 0.366. The van der Waals surface area contributed by atoms with E-state index in [4.69, 9.17) is 10.3 Å². The molecule has 2 aromatic rings. The number of nitrogens with zero attached hydrogens (tertiary/aromatic N) is 2. The highest BCUT2D eigenvalue weighted by Crippen LogP contribution is 2.27. The van der Waals surface area contributed by atoms with Crippen molar-refractivity contribution in [2.24, 2.45) is 11.7 Å². The second-order valence-electron chi connectivity index (χ2n) is 5.32. The molecule has 2 rings (SSSR count). The van der Waals surface area contributed by atoms with Crippen molar-refractivity contribution in [3.05, 3.63) is 33.6 Å². The van der Waals surface area contributed by atoms with E-state index in [1.165, 1.54) is 11.1 Å². The zero-order valence-electron chi connectivity index (χ0n) is 12.1. The van der Waals surface area contributed by atoms with Crippen LogP contribution in [-0.4, -0.2) is 16.7 Å². The molecule has 1 aromatic carbocycles. The normalized spacial score (nSPS) is 12.7. The maximum atomic E-state index is 5.61. The fraction of sp³-hybridized carbons (Fsp3) is 0.467. The van der Waals surface area contributed by atoms with Crippen LogP contribution in [0.2, 0.25) is 0 Å². The molecule has 0 spiro atoms. The third-order valence-electron chi connectivity index (χ3n) is 3.42. The van der Waals surface area contributed by atoms with Gasteiger partial charge in [0.2, 0.25) is 11.7 Å². The topological polar surface area (TPSA) is 64.9 Å². The van der Waals surface area contributed by atoms with Gasteiger partial charge in [-0.2, -0.15) is 4.98 Å². The fourth-order valence-corrected chi connectivity index (χ4v) is 2.27. The van der Waals surface area contributed by atoms with Crippen molar-refractivity contribution in [1.29, 1.82) is 0 Å². The Bertz CT molecular complexity index is 572.